The monoisotopic (exact) mass is 266 g/mol. The van der Waals surface area contributed by atoms with Crippen molar-refractivity contribution < 1.29 is 0 Å². The summed E-state index contributed by atoms with van der Waals surface area (Å²) in [5, 5.41) is 8.78. The van der Waals surface area contributed by atoms with Gasteiger partial charge in [-0.2, -0.15) is 5.26 Å². The van der Waals surface area contributed by atoms with Crippen molar-refractivity contribution >= 4 is 5.95 Å². The lowest BCUT2D eigenvalue weighted by Crippen LogP contribution is -2.11. The van der Waals surface area contributed by atoms with Crippen molar-refractivity contribution in [2.24, 2.45) is 0 Å². The predicted molar refractivity (Wildman–Crippen MR) is 80.2 cm³/mol. The number of rotatable bonds is 4. The lowest BCUT2D eigenvalue weighted by Gasteiger charge is -2.10. The van der Waals surface area contributed by atoms with Crippen LogP contribution in [0.5, 0.6) is 0 Å². The fourth-order valence-electron chi connectivity index (χ4n) is 1.93. The lowest BCUT2D eigenvalue weighted by atomic mass is 9.96. The molecule has 0 fully saturated rings. The fraction of sp³-hybridized carbons (Fsp3) is 0.312. The second kappa shape index (κ2) is 6.16. The average Bonchev–Trinajstić information content (AvgIpc) is 2.53. The van der Waals surface area contributed by atoms with E-state index in [4.69, 9.17) is 5.26 Å². The molecule has 0 saturated heterocycles. The summed E-state index contributed by atoms with van der Waals surface area (Å²) < 4.78 is 0. The molecule has 0 radical (unpaired) electrons. The molecule has 1 unspecified atom stereocenters. The van der Waals surface area contributed by atoms with Gasteiger partial charge in [0.2, 0.25) is 5.95 Å². The fourth-order valence-corrected chi connectivity index (χ4v) is 1.93. The molecule has 2 aromatic rings. The highest BCUT2D eigenvalue weighted by Gasteiger charge is 2.06. The molecule has 4 nitrogen and oxygen atoms in total. The van der Waals surface area contributed by atoms with Crippen LogP contribution in [0.15, 0.2) is 36.7 Å². The van der Waals surface area contributed by atoms with Gasteiger partial charge in [-0.15, -0.1) is 0 Å². The van der Waals surface area contributed by atoms with Gasteiger partial charge in [0.1, 0.15) is 0 Å². The third-order valence-electron chi connectivity index (χ3n) is 3.51. The van der Waals surface area contributed by atoms with Gasteiger partial charge in [-0.3, -0.25) is 4.90 Å². The van der Waals surface area contributed by atoms with E-state index in [1.807, 2.05) is 6.19 Å². The summed E-state index contributed by atoms with van der Waals surface area (Å²) in [5.74, 6) is 0.986. The van der Waals surface area contributed by atoms with Gasteiger partial charge in [0.05, 0.1) is 0 Å². The summed E-state index contributed by atoms with van der Waals surface area (Å²) in [4.78, 5) is 9.71. The molecule has 0 aliphatic rings. The van der Waals surface area contributed by atoms with Crippen LogP contribution in [0.4, 0.5) is 5.95 Å². The Hall–Kier alpha value is -2.41. The van der Waals surface area contributed by atoms with Crippen LogP contribution in [0, 0.1) is 11.5 Å². The van der Waals surface area contributed by atoms with Crippen molar-refractivity contribution in [3.63, 3.8) is 0 Å². The van der Waals surface area contributed by atoms with Crippen LogP contribution in [0.25, 0.3) is 11.1 Å². The largest absolute Gasteiger partial charge is 0.250 e. The normalized spacial score (nSPS) is 11.7. The van der Waals surface area contributed by atoms with E-state index in [2.05, 4.69) is 48.1 Å². The molecule has 1 aromatic carbocycles. The summed E-state index contributed by atoms with van der Waals surface area (Å²) in [6.45, 7) is 4.42. The minimum atomic E-state index is 0.410. The van der Waals surface area contributed by atoms with Gasteiger partial charge in [-0.05, 0) is 23.5 Å². The van der Waals surface area contributed by atoms with Crippen LogP contribution in [0.2, 0.25) is 0 Å². The van der Waals surface area contributed by atoms with Gasteiger partial charge >= 0.3 is 0 Å². The molecular weight excluding hydrogens is 248 g/mol. The van der Waals surface area contributed by atoms with E-state index in [1.165, 1.54) is 10.5 Å². The Morgan fingerprint density at radius 2 is 1.75 bits per heavy atom. The summed E-state index contributed by atoms with van der Waals surface area (Å²) in [6.07, 6.45) is 6.60. The number of nitrogens with zero attached hydrogens (tertiary/aromatic N) is 4. The molecule has 0 aliphatic carbocycles. The van der Waals surface area contributed by atoms with Gasteiger partial charge < -0.3 is 0 Å². The molecule has 4 heteroatoms. The molecule has 1 atom stereocenters. The maximum Gasteiger partial charge on any atom is 0.238 e. The molecular formula is C16H18N4. The maximum atomic E-state index is 8.78. The second-order valence-electron chi connectivity index (χ2n) is 4.86. The van der Waals surface area contributed by atoms with E-state index in [-0.39, 0.29) is 0 Å². The zero-order valence-corrected chi connectivity index (χ0v) is 12.0. The number of hydrogen-bond donors (Lipinski definition) is 0. The van der Waals surface area contributed by atoms with Crippen LogP contribution < -0.4 is 4.90 Å². The number of anilines is 1. The molecule has 1 heterocycles. The SMILES string of the molecule is CCC(C)c1ccc(-c2cnc(N(C)C#N)nc2)cc1. The van der Waals surface area contributed by atoms with Crippen LogP contribution in [-0.4, -0.2) is 17.0 Å². The Morgan fingerprint density at radius 1 is 1.15 bits per heavy atom. The van der Waals surface area contributed by atoms with Crippen LogP contribution in [0.3, 0.4) is 0 Å². The van der Waals surface area contributed by atoms with Crippen molar-refractivity contribution in [1.29, 1.82) is 5.26 Å². The minimum absolute atomic E-state index is 0.410. The van der Waals surface area contributed by atoms with Gasteiger partial charge in [-0.25, -0.2) is 9.97 Å². The number of benzene rings is 1. The molecule has 102 valence electrons. The number of hydrogen-bond acceptors (Lipinski definition) is 4. The zero-order chi connectivity index (χ0) is 14.5. The Bertz CT molecular complexity index is 596. The molecule has 0 aliphatic heterocycles. The summed E-state index contributed by atoms with van der Waals surface area (Å²) in [7, 11) is 1.63. The molecule has 0 saturated carbocycles. The van der Waals surface area contributed by atoms with Crippen molar-refractivity contribution in [3.05, 3.63) is 42.2 Å². The standard InChI is InChI=1S/C16H18N4/c1-4-12(2)13-5-7-14(8-6-13)15-9-18-16(19-10-15)20(3)11-17/h5-10,12H,4H2,1-3H3. The molecule has 0 amide bonds. The van der Waals surface area contributed by atoms with Gasteiger partial charge in [0.15, 0.2) is 6.19 Å². The highest BCUT2D eigenvalue weighted by molar-refractivity contribution is 5.62. The first-order chi connectivity index (χ1) is 9.65. The smallest absolute Gasteiger partial charge is 0.238 e. The molecule has 0 bridgehead atoms. The molecule has 1 aromatic heterocycles. The summed E-state index contributed by atoms with van der Waals surface area (Å²) in [6, 6.07) is 8.49. The van der Waals surface area contributed by atoms with E-state index in [0.717, 1.165) is 17.5 Å². The van der Waals surface area contributed by atoms with Crippen LogP contribution in [0.1, 0.15) is 31.7 Å². The Labute approximate surface area is 119 Å². The van der Waals surface area contributed by atoms with Gasteiger partial charge in [0.25, 0.3) is 0 Å². The topological polar surface area (TPSA) is 52.8 Å². The first kappa shape index (κ1) is 14.0. The molecule has 2 rings (SSSR count). The molecule has 0 N–H and O–H groups in total. The van der Waals surface area contributed by atoms with Crippen molar-refractivity contribution in [2.75, 3.05) is 11.9 Å². The third kappa shape index (κ3) is 2.94. The van der Waals surface area contributed by atoms with Crippen molar-refractivity contribution in [1.82, 2.24) is 9.97 Å². The predicted octanol–water partition coefficient (Wildman–Crippen LogP) is 3.57. The Morgan fingerprint density at radius 3 is 2.25 bits per heavy atom. The molecule has 0 spiro atoms. The maximum absolute atomic E-state index is 8.78. The molecule has 20 heavy (non-hydrogen) atoms. The quantitative estimate of drug-likeness (QED) is 0.627. The van der Waals surface area contributed by atoms with E-state index in [9.17, 15) is 0 Å². The van der Waals surface area contributed by atoms with E-state index < -0.39 is 0 Å². The third-order valence-corrected chi connectivity index (χ3v) is 3.51. The van der Waals surface area contributed by atoms with Gasteiger partial charge in [0, 0.05) is 25.0 Å². The number of nitriles is 1. The first-order valence-corrected chi connectivity index (χ1v) is 6.71. The number of aromatic nitrogens is 2. The van der Waals surface area contributed by atoms with E-state index >= 15 is 0 Å². The van der Waals surface area contributed by atoms with E-state index in [1.54, 1.807) is 19.4 Å². The Balaban J connectivity index is 2.22. The zero-order valence-electron chi connectivity index (χ0n) is 12.0. The second-order valence-corrected chi connectivity index (χ2v) is 4.86. The Kier molecular flexibility index (Phi) is 4.31. The van der Waals surface area contributed by atoms with Crippen LogP contribution >= 0.6 is 0 Å². The van der Waals surface area contributed by atoms with Gasteiger partial charge in [-0.1, -0.05) is 38.1 Å². The summed E-state index contributed by atoms with van der Waals surface area (Å²) in [5.41, 5.74) is 3.39. The minimum Gasteiger partial charge on any atom is -0.250 e. The highest BCUT2D eigenvalue weighted by atomic mass is 15.2. The van der Waals surface area contributed by atoms with Crippen molar-refractivity contribution in [3.8, 4) is 17.3 Å². The average molecular weight is 266 g/mol. The van der Waals surface area contributed by atoms with Crippen molar-refractivity contribution in [2.45, 2.75) is 26.2 Å². The highest BCUT2D eigenvalue weighted by Crippen LogP contribution is 2.23. The van der Waals surface area contributed by atoms with E-state index in [0.29, 0.717) is 11.9 Å². The summed E-state index contributed by atoms with van der Waals surface area (Å²) >= 11 is 0. The lowest BCUT2D eigenvalue weighted by molar-refractivity contribution is 0.734. The first-order valence-electron chi connectivity index (χ1n) is 6.71. The van der Waals surface area contributed by atoms with Crippen LogP contribution in [-0.2, 0) is 0 Å².